The summed E-state index contributed by atoms with van der Waals surface area (Å²) < 4.78 is 49.9. The van der Waals surface area contributed by atoms with Crippen LogP contribution in [0.4, 0.5) is 18.9 Å². The third-order valence-corrected chi connectivity index (χ3v) is 5.22. The first-order valence-corrected chi connectivity index (χ1v) is 9.45. The van der Waals surface area contributed by atoms with Crippen LogP contribution < -0.4 is 15.0 Å². The molecule has 0 spiro atoms. The highest BCUT2D eigenvalue weighted by Crippen LogP contribution is 2.42. The molecular weight excluding hydrogens is 417 g/mol. The maximum atomic E-state index is 13.0. The fraction of sp³-hybridized carbons (Fsp3) is 0.400. The van der Waals surface area contributed by atoms with E-state index in [9.17, 15) is 22.8 Å². The molecule has 0 aliphatic carbocycles. The first kappa shape index (κ1) is 21.0. The second-order valence-electron chi connectivity index (χ2n) is 7.58. The van der Waals surface area contributed by atoms with Gasteiger partial charge in [0.15, 0.2) is 0 Å². The van der Waals surface area contributed by atoms with Crippen LogP contribution in [-0.4, -0.2) is 47.7 Å². The lowest BCUT2D eigenvalue weighted by Crippen LogP contribution is -2.49. The summed E-state index contributed by atoms with van der Waals surface area (Å²) in [4.78, 5) is 34.8. The zero-order valence-corrected chi connectivity index (χ0v) is 16.7. The predicted octanol–water partition coefficient (Wildman–Crippen LogP) is 2.33. The SMILES string of the molecule is CN1C(=O)C(NC(=O)c2ncc3c(n2)[C@](C)(CC(F)(F)F)OC3)COc2ccccc21. The van der Waals surface area contributed by atoms with Gasteiger partial charge in [0.1, 0.15) is 24.0 Å². The van der Waals surface area contributed by atoms with E-state index in [4.69, 9.17) is 9.47 Å². The molecule has 164 valence electrons. The quantitative estimate of drug-likeness (QED) is 0.794. The van der Waals surface area contributed by atoms with Crippen molar-refractivity contribution in [3.8, 4) is 5.75 Å². The maximum Gasteiger partial charge on any atom is 0.392 e. The topological polar surface area (TPSA) is 93.7 Å². The summed E-state index contributed by atoms with van der Waals surface area (Å²) in [6, 6.07) is 5.90. The maximum absolute atomic E-state index is 13.0. The molecule has 2 amide bonds. The third-order valence-electron chi connectivity index (χ3n) is 5.22. The second kappa shape index (κ2) is 7.49. The molecule has 2 aliphatic rings. The van der Waals surface area contributed by atoms with Crippen LogP contribution in [0.25, 0.3) is 0 Å². The Morgan fingerprint density at radius 2 is 2.10 bits per heavy atom. The van der Waals surface area contributed by atoms with Gasteiger partial charge >= 0.3 is 6.18 Å². The molecule has 4 rings (SSSR count). The Morgan fingerprint density at radius 3 is 2.84 bits per heavy atom. The molecule has 1 aromatic heterocycles. The Labute approximate surface area is 175 Å². The van der Waals surface area contributed by atoms with Crippen molar-refractivity contribution in [3.05, 3.63) is 47.5 Å². The van der Waals surface area contributed by atoms with E-state index in [2.05, 4.69) is 15.3 Å². The number of likely N-dealkylation sites (N-methyl/N-ethyl adjacent to an activating group) is 1. The molecule has 0 bridgehead atoms. The summed E-state index contributed by atoms with van der Waals surface area (Å²) in [5, 5.41) is 2.51. The number of aromatic nitrogens is 2. The summed E-state index contributed by atoms with van der Waals surface area (Å²) in [7, 11) is 1.56. The van der Waals surface area contributed by atoms with Crippen LogP contribution in [0.5, 0.6) is 5.75 Å². The molecule has 2 aliphatic heterocycles. The number of carbonyl (C=O) groups excluding carboxylic acids is 2. The fourth-order valence-corrected chi connectivity index (χ4v) is 3.68. The van der Waals surface area contributed by atoms with Crippen LogP contribution in [0.3, 0.4) is 0 Å². The molecular formula is C20H19F3N4O4. The molecule has 0 fully saturated rings. The average molecular weight is 436 g/mol. The van der Waals surface area contributed by atoms with Crippen LogP contribution in [0.1, 0.15) is 35.2 Å². The number of alkyl halides is 3. The molecule has 0 saturated carbocycles. The minimum absolute atomic E-state index is 0.0120. The Balaban J connectivity index is 1.54. The number of fused-ring (bicyclic) bond motifs is 2. The summed E-state index contributed by atoms with van der Waals surface area (Å²) in [5.74, 6) is -1.08. The van der Waals surface area contributed by atoms with E-state index in [1.807, 2.05) is 0 Å². The number of hydrogen-bond acceptors (Lipinski definition) is 6. The van der Waals surface area contributed by atoms with E-state index in [-0.39, 0.29) is 24.7 Å². The normalized spacial score (nSPS) is 22.9. The zero-order valence-electron chi connectivity index (χ0n) is 16.7. The van der Waals surface area contributed by atoms with Crippen LogP contribution in [0, 0.1) is 0 Å². The molecule has 1 unspecified atom stereocenters. The predicted molar refractivity (Wildman–Crippen MR) is 101 cm³/mol. The van der Waals surface area contributed by atoms with Gasteiger partial charge in [-0.25, -0.2) is 9.97 Å². The minimum Gasteiger partial charge on any atom is -0.489 e. The van der Waals surface area contributed by atoms with Crippen LogP contribution >= 0.6 is 0 Å². The highest BCUT2D eigenvalue weighted by molar-refractivity contribution is 6.02. The van der Waals surface area contributed by atoms with Gasteiger partial charge in [-0.2, -0.15) is 13.2 Å². The Hall–Kier alpha value is -3.21. The fourth-order valence-electron chi connectivity index (χ4n) is 3.68. The lowest BCUT2D eigenvalue weighted by molar-refractivity contribution is -0.185. The van der Waals surface area contributed by atoms with Crippen molar-refractivity contribution in [1.29, 1.82) is 0 Å². The number of benzene rings is 1. The Morgan fingerprint density at radius 1 is 1.35 bits per heavy atom. The van der Waals surface area contributed by atoms with E-state index < -0.39 is 36.1 Å². The minimum atomic E-state index is -4.48. The molecule has 8 nitrogen and oxygen atoms in total. The number of hydrogen-bond donors (Lipinski definition) is 1. The first-order valence-electron chi connectivity index (χ1n) is 9.45. The monoisotopic (exact) mass is 436 g/mol. The highest BCUT2D eigenvalue weighted by Gasteiger charge is 2.47. The van der Waals surface area contributed by atoms with Crippen molar-refractivity contribution in [2.45, 2.75) is 37.8 Å². The number of nitrogens with zero attached hydrogens (tertiary/aromatic N) is 3. The van der Waals surface area contributed by atoms with Crippen molar-refractivity contribution in [2.24, 2.45) is 0 Å². The first-order chi connectivity index (χ1) is 14.6. The highest BCUT2D eigenvalue weighted by atomic mass is 19.4. The number of halogens is 3. The molecule has 1 aromatic carbocycles. The van der Waals surface area contributed by atoms with Crippen molar-refractivity contribution in [3.63, 3.8) is 0 Å². The molecule has 3 heterocycles. The van der Waals surface area contributed by atoms with Crippen LogP contribution in [-0.2, 0) is 21.7 Å². The number of carbonyl (C=O) groups is 2. The number of nitrogens with one attached hydrogen (secondary N) is 1. The van der Waals surface area contributed by atoms with Crippen molar-refractivity contribution in [2.75, 3.05) is 18.6 Å². The van der Waals surface area contributed by atoms with Gasteiger partial charge < -0.3 is 19.7 Å². The van der Waals surface area contributed by atoms with Gasteiger partial charge in [-0.05, 0) is 19.1 Å². The molecule has 31 heavy (non-hydrogen) atoms. The lowest BCUT2D eigenvalue weighted by atomic mass is 9.96. The van der Waals surface area contributed by atoms with Crippen LogP contribution in [0.2, 0.25) is 0 Å². The van der Waals surface area contributed by atoms with Gasteiger partial charge in [-0.15, -0.1) is 0 Å². The summed E-state index contributed by atoms with van der Waals surface area (Å²) in [5.41, 5.74) is -0.766. The van der Waals surface area contributed by atoms with E-state index in [0.717, 1.165) is 0 Å². The van der Waals surface area contributed by atoms with Crippen molar-refractivity contribution < 1.29 is 32.2 Å². The molecule has 2 aromatic rings. The summed E-state index contributed by atoms with van der Waals surface area (Å²) >= 11 is 0. The van der Waals surface area contributed by atoms with E-state index in [1.165, 1.54) is 18.0 Å². The van der Waals surface area contributed by atoms with E-state index in [1.54, 1.807) is 31.3 Å². The number of anilines is 1. The van der Waals surface area contributed by atoms with Crippen molar-refractivity contribution in [1.82, 2.24) is 15.3 Å². The summed E-state index contributed by atoms with van der Waals surface area (Å²) in [6.45, 7) is 1.07. The molecule has 0 radical (unpaired) electrons. The Kier molecular flexibility index (Phi) is 5.08. The van der Waals surface area contributed by atoms with Crippen LogP contribution in [0.15, 0.2) is 30.5 Å². The van der Waals surface area contributed by atoms with E-state index in [0.29, 0.717) is 17.0 Å². The average Bonchev–Trinajstić information content (AvgIpc) is 2.98. The van der Waals surface area contributed by atoms with Gasteiger partial charge in [0.25, 0.3) is 11.8 Å². The van der Waals surface area contributed by atoms with Gasteiger partial charge in [0.05, 0.1) is 24.4 Å². The molecule has 1 N–H and O–H groups in total. The van der Waals surface area contributed by atoms with Gasteiger partial charge in [-0.3, -0.25) is 9.59 Å². The number of amides is 2. The van der Waals surface area contributed by atoms with Gasteiger partial charge in [-0.1, -0.05) is 12.1 Å². The number of rotatable bonds is 3. The van der Waals surface area contributed by atoms with Gasteiger partial charge in [0, 0.05) is 18.8 Å². The van der Waals surface area contributed by atoms with E-state index >= 15 is 0 Å². The smallest absolute Gasteiger partial charge is 0.392 e. The molecule has 11 heteroatoms. The number of ether oxygens (including phenoxy) is 2. The molecule has 0 saturated heterocycles. The lowest BCUT2D eigenvalue weighted by Gasteiger charge is -2.25. The van der Waals surface area contributed by atoms with Gasteiger partial charge in [0.2, 0.25) is 5.82 Å². The third kappa shape index (κ3) is 4.05. The van der Waals surface area contributed by atoms with Crippen molar-refractivity contribution >= 4 is 17.5 Å². The standard InChI is InChI=1S/C20H19F3N4O4/c1-19(10-20(21,22)23)15-11(8-31-19)7-24-16(26-15)17(28)25-12-9-30-14-6-4-3-5-13(14)27(2)18(12)29/h3-7,12H,8-10H2,1-2H3,(H,25,28)/t12?,19-/m0/s1. The zero-order chi connectivity index (χ0) is 22.4. The number of para-hydroxylation sites is 2. The molecule has 2 atom stereocenters. The Bertz CT molecular complexity index is 1050. The second-order valence-corrected chi connectivity index (χ2v) is 7.58. The summed E-state index contributed by atoms with van der Waals surface area (Å²) in [6.07, 6.45) is -4.46. The largest absolute Gasteiger partial charge is 0.489 e.